The summed E-state index contributed by atoms with van der Waals surface area (Å²) in [5, 5.41) is 8.43. The Balaban J connectivity index is 3.35. The van der Waals surface area contributed by atoms with Crippen molar-refractivity contribution in [2.75, 3.05) is 13.7 Å². The highest BCUT2D eigenvalue weighted by Gasteiger charge is 2.08. The molecule has 4 nitrogen and oxygen atoms in total. The molecule has 66 valence electrons. The first-order chi connectivity index (χ1) is 5.20. The van der Waals surface area contributed by atoms with Crippen molar-refractivity contribution in [1.29, 1.82) is 0 Å². The van der Waals surface area contributed by atoms with E-state index < -0.39 is 0 Å². The summed E-state index contributed by atoms with van der Waals surface area (Å²) in [7, 11) is 1.33. The molecule has 0 aliphatic heterocycles. The van der Waals surface area contributed by atoms with Gasteiger partial charge in [-0.3, -0.25) is 4.79 Å². The van der Waals surface area contributed by atoms with Gasteiger partial charge in [-0.1, -0.05) is 0 Å². The van der Waals surface area contributed by atoms with Crippen molar-refractivity contribution in [1.82, 2.24) is 0 Å². The van der Waals surface area contributed by atoms with Crippen molar-refractivity contribution in [2.24, 2.45) is 5.73 Å². The van der Waals surface area contributed by atoms with Gasteiger partial charge in [-0.15, -0.1) is 0 Å². The molecule has 0 radical (unpaired) electrons. The first-order valence-electron chi connectivity index (χ1n) is 3.64. The Hall–Kier alpha value is -0.610. The first kappa shape index (κ1) is 10.4. The van der Waals surface area contributed by atoms with Crippen LogP contribution in [-0.2, 0) is 9.53 Å². The van der Waals surface area contributed by atoms with E-state index in [9.17, 15) is 4.79 Å². The minimum atomic E-state index is -0.296. The molecule has 0 saturated carbocycles. The predicted molar refractivity (Wildman–Crippen MR) is 40.9 cm³/mol. The summed E-state index contributed by atoms with van der Waals surface area (Å²) in [6, 6.07) is -0.186. The van der Waals surface area contributed by atoms with Crippen LogP contribution in [0, 0.1) is 0 Å². The molecule has 1 atom stereocenters. The second-order valence-corrected chi connectivity index (χ2v) is 2.41. The van der Waals surface area contributed by atoms with E-state index in [1.54, 1.807) is 0 Å². The third kappa shape index (κ3) is 5.82. The topological polar surface area (TPSA) is 72.5 Å². The van der Waals surface area contributed by atoms with Gasteiger partial charge in [0, 0.05) is 12.6 Å². The third-order valence-electron chi connectivity index (χ3n) is 1.39. The molecule has 0 aromatic heterocycles. The number of hydrogen-bond donors (Lipinski definition) is 2. The third-order valence-corrected chi connectivity index (χ3v) is 1.39. The lowest BCUT2D eigenvalue weighted by molar-refractivity contribution is -0.141. The number of esters is 1. The van der Waals surface area contributed by atoms with Crippen molar-refractivity contribution in [3.8, 4) is 0 Å². The molecule has 0 spiro atoms. The van der Waals surface area contributed by atoms with Crippen molar-refractivity contribution >= 4 is 5.97 Å². The summed E-state index contributed by atoms with van der Waals surface area (Å²) >= 11 is 0. The molecule has 0 fully saturated rings. The van der Waals surface area contributed by atoms with Gasteiger partial charge in [0.15, 0.2) is 0 Å². The number of carbonyl (C=O) groups is 1. The lowest BCUT2D eigenvalue weighted by atomic mass is 10.1. The van der Waals surface area contributed by atoms with Crippen molar-refractivity contribution in [2.45, 2.75) is 25.3 Å². The smallest absolute Gasteiger partial charge is 0.307 e. The largest absolute Gasteiger partial charge is 0.469 e. The van der Waals surface area contributed by atoms with Gasteiger partial charge in [0.05, 0.1) is 13.5 Å². The molecule has 0 saturated heterocycles. The number of hydrogen-bond acceptors (Lipinski definition) is 4. The maximum atomic E-state index is 10.6. The Morgan fingerprint density at radius 2 is 2.36 bits per heavy atom. The van der Waals surface area contributed by atoms with Crippen LogP contribution in [0.25, 0.3) is 0 Å². The average Bonchev–Trinajstić information content (AvgIpc) is 2.00. The second-order valence-electron chi connectivity index (χ2n) is 2.41. The second kappa shape index (κ2) is 6.12. The lowest BCUT2D eigenvalue weighted by Crippen LogP contribution is -2.24. The van der Waals surface area contributed by atoms with E-state index >= 15 is 0 Å². The molecule has 0 heterocycles. The molecule has 0 aliphatic rings. The maximum Gasteiger partial charge on any atom is 0.307 e. The van der Waals surface area contributed by atoms with Crippen molar-refractivity contribution < 1.29 is 14.6 Å². The molecule has 0 unspecified atom stereocenters. The molecule has 0 rings (SSSR count). The highest BCUT2D eigenvalue weighted by atomic mass is 16.5. The molecule has 4 heteroatoms. The zero-order valence-corrected chi connectivity index (χ0v) is 6.75. The Morgan fingerprint density at radius 1 is 1.73 bits per heavy atom. The number of nitrogens with two attached hydrogens (primary N) is 1. The van der Waals surface area contributed by atoms with E-state index in [1.807, 2.05) is 0 Å². The van der Waals surface area contributed by atoms with Crippen LogP contribution in [0.3, 0.4) is 0 Å². The molecule has 0 bridgehead atoms. The fraction of sp³-hybridized carbons (Fsp3) is 0.857. The average molecular weight is 161 g/mol. The maximum absolute atomic E-state index is 10.6. The highest BCUT2D eigenvalue weighted by molar-refractivity contribution is 5.69. The first-order valence-corrected chi connectivity index (χ1v) is 3.64. The van der Waals surface area contributed by atoms with Crippen LogP contribution in [0.1, 0.15) is 19.3 Å². The summed E-state index contributed by atoms with van der Waals surface area (Å²) < 4.78 is 4.42. The summed E-state index contributed by atoms with van der Waals surface area (Å²) in [4.78, 5) is 10.6. The Morgan fingerprint density at radius 3 is 2.82 bits per heavy atom. The quantitative estimate of drug-likeness (QED) is 0.540. The van der Waals surface area contributed by atoms with E-state index in [4.69, 9.17) is 10.8 Å². The van der Waals surface area contributed by atoms with Gasteiger partial charge in [0.1, 0.15) is 0 Å². The van der Waals surface area contributed by atoms with Gasteiger partial charge in [-0.2, -0.15) is 0 Å². The predicted octanol–water partition coefficient (Wildman–Crippen LogP) is -0.351. The summed E-state index contributed by atoms with van der Waals surface area (Å²) in [5.74, 6) is -0.296. The van der Waals surface area contributed by atoms with E-state index in [2.05, 4.69) is 4.74 Å². The normalized spacial score (nSPS) is 12.6. The fourth-order valence-electron chi connectivity index (χ4n) is 0.753. The molecule has 0 aliphatic carbocycles. The van der Waals surface area contributed by atoms with Crippen molar-refractivity contribution in [3.63, 3.8) is 0 Å². The Kier molecular flexibility index (Phi) is 5.78. The Labute approximate surface area is 66.3 Å². The standard InChI is InChI=1S/C7H15NO3/c1-11-7(10)5-6(8)3-2-4-9/h6,9H,2-5,8H2,1H3/t6-/m0/s1. The zero-order valence-electron chi connectivity index (χ0n) is 6.75. The number of ether oxygens (including phenoxy) is 1. The van der Waals surface area contributed by atoms with E-state index in [0.717, 1.165) is 0 Å². The van der Waals surface area contributed by atoms with Crippen molar-refractivity contribution in [3.05, 3.63) is 0 Å². The zero-order chi connectivity index (χ0) is 8.69. The van der Waals surface area contributed by atoms with Crippen LogP contribution in [0.4, 0.5) is 0 Å². The van der Waals surface area contributed by atoms with E-state index in [1.165, 1.54) is 7.11 Å². The van der Waals surface area contributed by atoms with Crippen LogP contribution in [0.2, 0.25) is 0 Å². The van der Waals surface area contributed by atoms with Gasteiger partial charge in [0.2, 0.25) is 0 Å². The van der Waals surface area contributed by atoms with Crippen LogP contribution in [0.15, 0.2) is 0 Å². The van der Waals surface area contributed by atoms with E-state index in [-0.39, 0.29) is 25.0 Å². The summed E-state index contributed by atoms with van der Waals surface area (Å²) in [5.41, 5.74) is 5.52. The number of methoxy groups -OCH3 is 1. The molecular weight excluding hydrogens is 146 g/mol. The summed E-state index contributed by atoms with van der Waals surface area (Å²) in [6.45, 7) is 0.120. The Bertz CT molecular complexity index is 116. The minimum absolute atomic E-state index is 0.120. The number of aliphatic hydroxyl groups excluding tert-OH is 1. The molecule has 0 amide bonds. The van der Waals surface area contributed by atoms with Crippen LogP contribution in [0.5, 0.6) is 0 Å². The molecule has 0 aromatic rings. The number of rotatable bonds is 5. The van der Waals surface area contributed by atoms with Gasteiger partial charge < -0.3 is 15.6 Å². The van der Waals surface area contributed by atoms with Gasteiger partial charge in [-0.25, -0.2) is 0 Å². The van der Waals surface area contributed by atoms with Gasteiger partial charge in [-0.05, 0) is 12.8 Å². The summed E-state index contributed by atoms with van der Waals surface area (Å²) in [6.07, 6.45) is 1.53. The van der Waals surface area contributed by atoms with Crippen LogP contribution < -0.4 is 5.73 Å². The van der Waals surface area contributed by atoms with Crippen LogP contribution in [-0.4, -0.2) is 30.8 Å². The molecule has 0 aromatic carbocycles. The highest BCUT2D eigenvalue weighted by Crippen LogP contribution is 1.99. The molecule has 11 heavy (non-hydrogen) atoms. The minimum Gasteiger partial charge on any atom is -0.469 e. The molecule has 3 N–H and O–H groups in total. The number of carbonyl (C=O) groups excluding carboxylic acids is 1. The molecular formula is C7H15NO3. The van der Waals surface area contributed by atoms with E-state index in [0.29, 0.717) is 12.8 Å². The van der Waals surface area contributed by atoms with Gasteiger partial charge in [0.25, 0.3) is 0 Å². The fourth-order valence-corrected chi connectivity index (χ4v) is 0.753. The van der Waals surface area contributed by atoms with Gasteiger partial charge >= 0.3 is 5.97 Å². The SMILES string of the molecule is COC(=O)C[C@@H](N)CCCO. The number of aliphatic hydroxyl groups is 1. The van der Waals surface area contributed by atoms with Crippen LogP contribution >= 0.6 is 0 Å². The lowest BCUT2D eigenvalue weighted by Gasteiger charge is -2.07. The monoisotopic (exact) mass is 161 g/mol.